The molecule has 0 spiro atoms. The van der Waals surface area contributed by atoms with Crippen molar-refractivity contribution in [1.82, 2.24) is 10.3 Å². The summed E-state index contributed by atoms with van der Waals surface area (Å²) < 4.78 is 5.91. The van der Waals surface area contributed by atoms with Crippen molar-refractivity contribution in [2.45, 2.75) is 64.0 Å². The molecule has 1 fully saturated rings. The van der Waals surface area contributed by atoms with Gasteiger partial charge in [-0.3, -0.25) is 4.79 Å². The van der Waals surface area contributed by atoms with Crippen LogP contribution in [0, 0.1) is 0 Å². The zero-order chi connectivity index (χ0) is 21.5. The Morgan fingerprint density at radius 1 is 1.20 bits per heavy atom. The number of pyridine rings is 1. The first-order valence-electron chi connectivity index (χ1n) is 10.6. The first kappa shape index (κ1) is 22.9. The summed E-state index contributed by atoms with van der Waals surface area (Å²) in [5, 5.41) is 14.1. The van der Waals surface area contributed by atoms with Crippen LogP contribution in [0.2, 0.25) is 10.0 Å². The highest BCUT2D eigenvalue weighted by atomic mass is 35.5. The van der Waals surface area contributed by atoms with Gasteiger partial charge in [-0.2, -0.15) is 0 Å². The van der Waals surface area contributed by atoms with Crippen molar-refractivity contribution in [3.8, 4) is 17.0 Å². The Labute approximate surface area is 187 Å². The number of nitrogens with one attached hydrogen (secondary N) is 1. The number of hydrogen-bond acceptors (Lipinski definition) is 4. The van der Waals surface area contributed by atoms with E-state index in [9.17, 15) is 9.90 Å². The Bertz CT molecular complexity index is 876. The first-order valence-corrected chi connectivity index (χ1v) is 11.3. The minimum Gasteiger partial charge on any atom is -0.477 e. The molecule has 2 N–H and O–H groups in total. The summed E-state index contributed by atoms with van der Waals surface area (Å²) in [5.41, 5.74) is 1.74. The van der Waals surface area contributed by atoms with Gasteiger partial charge in [0.05, 0.1) is 29.3 Å². The van der Waals surface area contributed by atoms with Crippen molar-refractivity contribution in [2.75, 3.05) is 6.61 Å². The van der Waals surface area contributed by atoms with E-state index in [-0.39, 0.29) is 11.9 Å². The molecule has 2 atom stereocenters. The van der Waals surface area contributed by atoms with E-state index in [4.69, 9.17) is 27.9 Å². The summed E-state index contributed by atoms with van der Waals surface area (Å²) >= 11 is 12.5. The zero-order valence-electron chi connectivity index (χ0n) is 17.2. The summed E-state index contributed by atoms with van der Waals surface area (Å²) in [6.07, 6.45) is 7.55. The number of unbranched alkanes of at least 4 members (excludes halogenated alkanes) is 2. The van der Waals surface area contributed by atoms with Crippen LogP contribution in [0.4, 0.5) is 0 Å². The van der Waals surface area contributed by atoms with Crippen LogP contribution in [0.15, 0.2) is 30.5 Å². The lowest BCUT2D eigenvalue weighted by atomic mass is 9.92. The highest BCUT2D eigenvalue weighted by molar-refractivity contribution is 6.36. The number of carbonyl (C=O) groups is 1. The molecule has 1 aromatic heterocycles. The maximum atomic E-state index is 12.8. The van der Waals surface area contributed by atoms with Crippen molar-refractivity contribution >= 4 is 29.1 Å². The molecule has 1 aliphatic rings. The number of aliphatic hydroxyl groups excluding tert-OH is 1. The lowest BCUT2D eigenvalue weighted by Crippen LogP contribution is -2.45. The lowest BCUT2D eigenvalue weighted by Gasteiger charge is -2.28. The largest absolute Gasteiger partial charge is 0.477 e. The molecule has 0 bridgehead atoms. The predicted octanol–water partition coefficient (Wildman–Crippen LogP) is 5.66. The second-order valence-corrected chi connectivity index (χ2v) is 8.53. The summed E-state index contributed by atoms with van der Waals surface area (Å²) in [6, 6.07) is 6.70. The lowest BCUT2D eigenvalue weighted by molar-refractivity contribution is 0.0717. The molecule has 1 aliphatic carbocycles. The molecule has 162 valence electrons. The SMILES string of the molecule is CCCCCOc1ncc(C(=O)NC2CCCCC2O)cc1-c1ccc(Cl)cc1Cl. The van der Waals surface area contributed by atoms with Crippen LogP contribution in [0.1, 0.15) is 62.2 Å². The Kier molecular flexibility index (Phi) is 8.37. The minimum atomic E-state index is -0.512. The minimum absolute atomic E-state index is 0.237. The Morgan fingerprint density at radius 2 is 2.00 bits per heavy atom. The van der Waals surface area contributed by atoms with Crippen LogP contribution < -0.4 is 10.1 Å². The van der Waals surface area contributed by atoms with E-state index in [0.717, 1.165) is 38.5 Å². The third-order valence-electron chi connectivity index (χ3n) is 5.37. The number of benzene rings is 1. The summed E-state index contributed by atoms with van der Waals surface area (Å²) in [4.78, 5) is 17.2. The van der Waals surface area contributed by atoms with Gasteiger partial charge < -0.3 is 15.2 Å². The van der Waals surface area contributed by atoms with Gasteiger partial charge >= 0.3 is 0 Å². The molecule has 2 unspecified atom stereocenters. The quantitative estimate of drug-likeness (QED) is 0.509. The summed E-state index contributed by atoms with van der Waals surface area (Å²) in [6.45, 7) is 2.67. The van der Waals surface area contributed by atoms with E-state index < -0.39 is 6.10 Å². The van der Waals surface area contributed by atoms with Gasteiger partial charge in [0.2, 0.25) is 5.88 Å². The Hall–Kier alpha value is -1.82. The van der Waals surface area contributed by atoms with Crippen molar-refractivity contribution in [3.05, 3.63) is 46.1 Å². The number of rotatable bonds is 8. The van der Waals surface area contributed by atoms with Gasteiger partial charge in [0, 0.05) is 22.3 Å². The number of aromatic nitrogens is 1. The molecule has 7 heteroatoms. The molecule has 5 nitrogen and oxygen atoms in total. The molecule has 30 heavy (non-hydrogen) atoms. The predicted molar refractivity (Wildman–Crippen MR) is 120 cm³/mol. The van der Waals surface area contributed by atoms with Gasteiger partial charge in [-0.15, -0.1) is 0 Å². The van der Waals surface area contributed by atoms with E-state index in [1.807, 2.05) is 0 Å². The van der Waals surface area contributed by atoms with Crippen LogP contribution in [0.5, 0.6) is 5.88 Å². The molecule has 0 radical (unpaired) electrons. The molecule has 1 aromatic carbocycles. The smallest absolute Gasteiger partial charge is 0.253 e. The second-order valence-electron chi connectivity index (χ2n) is 7.69. The fraction of sp³-hybridized carbons (Fsp3) is 0.478. The fourth-order valence-electron chi connectivity index (χ4n) is 3.64. The molecular formula is C23H28Cl2N2O3. The number of nitrogens with zero attached hydrogens (tertiary/aromatic N) is 1. The number of hydrogen-bond donors (Lipinski definition) is 2. The monoisotopic (exact) mass is 450 g/mol. The van der Waals surface area contributed by atoms with Gasteiger partial charge in [0.25, 0.3) is 5.91 Å². The Morgan fingerprint density at radius 3 is 2.73 bits per heavy atom. The van der Waals surface area contributed by atoms with Crippen LogP contribution >= 0.6 is 23.2 Å². The number of carbonyl (C=O) groups excluding carboxylic acids is 1. The molecule has 1 heterocycles. The van der Waals surface area contributed by atoms with Gasteiger partial charge in [0.15, 0.2) is 0 Å². The molecule has 0 aliphatic heterocycles. The highest BCUT2D eigenvalue weighted by Crippen LogP contribution is 2.36. The summed E-state index contributed by atoms with van der Waals surface area (Å²) in [5.74, 6) is 0.168. The third kappa shape index (κ3) is 5.87. The second kappa shape index (κ2) is 11.0. The van der Waals surface area contributed by atoms with Crippen molar-refractivity contribution in [2.24, 2.45) is 0 Å². The van der Waals surface area contributed by atoms with Crippen molar-refractivity contribution in [1.29, 1.82) is 0 Å². The molecule has 0 saturated heterocycles. The van der Waals surface area contributed by atoms with E-state index in [1.165, 1.54) is 6.20 Å². The van der Waals surface area contributed by atoms with Crippen LogP contribution in [-0.2, 0) is 0 Å². The van der Waals surface area contributed by atoms with Crippen LogP contribution in [0.3, 0.4) is 0 Å². The zero-order valence-corrected chi connectivity index (χ0v) is 18.7. The van der Waals surface area contributed by atoms with Gasteiger partial charge in [-0.25, -0.2) is 4.98 Å². The summed E-state index contributed by atoms with van der Waals surface area (Å²) in [7, 11) is 0. The number of halogens is 2. The first-order chi connectivity index (χ1) is 14.5. The van der Waals surface area contributed by atoms with Gasteiger partial charge in [-0.1, -0.05) is 61.9 Å². The normalized spacial score (nSPS) is 18.8. The number of ether oxygens (including phenoxy) is 1. The number of amides is 1. The van der Waals surface area contributed by atoms with E-state index in [2.05, 4.69) is 17.2 Å². The maximum absolute atomic E-state index is 12.8. The Balaban J connectivity index is 1.87. The van der Waals surface area contributed by atoms with Crippen LogP contribution in [-0.4, -0.2) is 34.8 Å². The average Bonchev–Trinajstić information content (AvgIpc) is 2.73. The average molecular weight is 451 g/mol. The number of aliphatic hydroxyl groups is 1. The van der Waals surface area contributed by atoms with E-state index in [1.54, 1.807) is 24.3 Å². The van der Waals surface area contributed by atoms with Gasteiger partial charge in [-0.05, 0) is 37.5 Å². The molecule has 2 aromatic rings. The maximum Gasteiger partial charge on any atom is 0.253 e. The highest BCUT2D eigenvalue weighted by Gasteiger charge is 2.25. The molecular weight excluding hydrogens is 423 g/mol. The molecule has 3 rings (SSSR count). The van der Waals surface area contributed by atoms with E-state index >= 15 is 0 Å². The third-order valence-corrected chi connectivity index (χ3v) is 5.92. The van der Waals surface area contributed by atoms with Crippen molar-refractivity contribution in [3.63, 3.8) is 0 Å². The molecule has 1 saturated carbocycles. The van der Waals surface area contributed by atoms with Gasteiger partial charge in [0.1, 0.15) is 0 Å². The topological polar surface area (TPSA) is 71.5 Å². The molecule has 1 amide bonds. The van der Waals surface area contributed by atoms with Crippen molar-refractivity contribution < 1.29 is 14.6 Å². The van der Waals surface area contributed by atoms with Crippen LogP contribution in [0.25, 0.3) is 11.1 Å². The fourth-order valence-corrected chi connectivity index (χ4v) is 4.15. The standard InChI is InChI=1S/C23H28Cl2N2O3/c1-2-3-6-11-30-23-18(17-10-9-16(24)13-19(17)25)12-15(14-26-23)22(29)27-20-7-4-5-8-21(20)28/h9-10,12-14,20-21,28H,2-8,11H2,1H3,(H,27,29). The van der Waals surface area contributed by atoms with E-state index in [0.29, 0.717) is 45.6 Å².